The van der Waals surface area contributed by atoms with E-state index in [0.29, 0.717) is 17.1 Å². The van der Waals surface area contributed by atoms with E-state index >= 15 is 0 Å². The van der Waals surface area contributed by atoms with Crippen LogP contribution in [0.3, 0.4) is 0 Å². The van der Waals surface area contributed by atoms with Gasteiger partial charge in [0, 0.05) is 36.3 Å². The Kier molecular flexibility index (Phi) is 5.13. The van der Waals surface area contributed by atoms with Crippen LogP contribution < -0.4 is 0 Å². The second kappa shape index (κ2) is 7.15. The van der Waals surface area contributed by atoms with Crippen molar-refractivity contribution in [3.05, 3.63) is 65.2 Å². The molecule has 0 N–H and O–H groups in total. The minimum Gasteiger partial charge on any atom is -0.333 e. The van der Waals surface area contributed by atoms with Crippen LogP contribution in [0.5, 0.6) is 0 Å². The molecule has 1 atom stereocenters. The second-order valence-electron chi connectivity index (χ2n) is 6.03. The molecule has 1 aliphatic heterocycles. The molecule has 0 aliphatic carbocycles. The van der Waals surface area contributed by atoms with Gasteiger partial charge >= 0.3 is 0 Å². The van der Waals surface area contributed by atoms with Crippen LogP contribution in [0.1, 0.15) is 17.3 Å². The summed E-state index contributed by atoms with van der Waals surface area (Å²) in [5.74, 6) is -0.0726. The van der Waals surface area contributed by atoms with Gasteiger partial charge in [0.1, 0.15) is 0 Å². The van der Waals surface area contributed by atoms with Crippen molar-refractivity contribution in [3.8, 4) is 0 Å². The Morgan fingerprint density at radius 2 is 1.68 bits per heavy atom. The molecular weight excluding hydrogens is 360 g/mol. The quantitative estimate of drug-likeness (QED) is 0.825. The van der Waals surface area contributed by atoms with Crippen molar-refractivity contribution in [1.82, 2.24) is 9.21 Å². The molecule has 5 nitrogen and oxygen atoms in total. The smallest absolute Gasteiger partial charge is 0.254 e. The highest BCUT2D eigenvalue weighted by molar-refractivity contribution is 7.89. The summed E-state index contributed by atoms with van der Waals surface area (Å²) in [6.07, 6.45) is 0. The first-order valence-corrected chi connectivity index (χ1v) is 9.83. The summed E-state index contributed by atoms with van der Waals surface area (Å²) in [7, 11) is -3.59. The van der Waals surface area contributed by atoms with Crippen LogP contribution in [0.4, 0.5) is 0 Å². The molecule has 132 valence electrons. The summed E-state index contributed by atoms with van der Waals surface area (Å²) in [6, 6.07) is 15.0. The van der Waals surface area contributed by atoms with E-state index in [2.05, 4.69) is 0 Å². The minimum atomic E-state index is -3.59. The largest absolute Gasteiger partial charge is 0.333 e. The highest BCUT2D eigenvalue weighted by Crippen LogP contribution is 2.22. The number of carbonyl (C=O) groups is 1. The Morgan fingerprint density at radius 3 is 2.28 bits per heavy atom. The maximum Gasteiger partial charge on any atom is 0.254 e. The van der Waals surface area contributed by atoms with Gasteiger partial charge < -0.3 is 4.90 Å². The van der Waals surface area contributed by atoms with Gasteiger partial charge in [0.25, 0.3) is 5.91 Å². The zero-order chi connectivity index (χ0) is 18.0. The number of halogens is 1. The number of hydrogen-bond acceptors (Lipinski definition) is 3. The van der Waals surface area contributed by atoms with E-state index in [1.54, 1.807) is 29.2 Å². The Balaban J connectivity index is 1.75. The van der Waals surface area contributed by atoms with Crippen LogP contribution >= 0.6 is 11.6 Å². The van der Waals surface area contributed by atoms with Crippen LogP contribution in [-0.2, 0) is 10.0 Å². The molecule has 0 spiro atoms. The van der Waals surface area contributed by atoms with E-state index < -0.39 is 10.0 Å². The molecule has 1 amide bonds. The zero-order valence-corrected chi connectivity index (χ0v) is 15.4. The van der Waals surface area contributed by atoms with E-state index in [1.165, 1.54) is 16.4 Å². The van der Waals surface area contributed by atoms with Crippen LogP contribution in [0.25, 0.3) is 0 Å². The van der Waals surface area contributed by atoms with E-state index in [-0.39, 0.29) is 29.9 Å². The van der Waals surface area contributed by atoms with Gasteiger partial charge in [0.2, 0.25) is 10.0 Å². The molecular formula is C18H19ClN2O3S. The molecule has 3 rings (SSSR count). The fraction of sp³-hybridized carbons (Fsp3) is 0.278. The molecule has 7 heteroatoms. The van der Waals surface area contributed by atoms with Crippen LogP contribution in [0, 0.1) is 0 Å². The summed E-state index contributed by atoms with van der Waals surface area (Å²) in [5.41, 5.74) is 0.614. The Bertz CT molecular complexity index is 854. The molecule has 25 heavy (non-hydrogen) atoms. The molecule has 1 saturated heterocycles. The molecule has 1 aliphatic rings. The topological polar surface area (TPSA) is 57.7 Å². The Labute approximate surface area is 152 Å². The van der Waals surface area contributed by atoms with Gasteiger partial charge in [-0.25, -0.2) is 8.42 Å². The van der Waals surface area contributed by atoms with Gasteiger partial charge in [-0.2, -0.15) is 4.31 Å². The average Bonchev–Trinajstić information content (AvgIpc) is 2.62. The van der Waals surface area contributed by atoms with Crippen LogP contribution in [0.2, 0.25) is 5.02 Å². The lowest BCUT2D eigenvalue weighted by Crippen LogP contribution is -2.55. The molecule has 0 radical (unpaired) electrons. The van der Waals surface area contributed by atoms with Crippen molar-refractivity contribution in [2.75, 3.05) is 19.6 Å². The van der Waals surface area contributed by atoms with E-state index in [0.717, 1.165) is 0 Å². The molecule has 2 aromatic rings. The van der Waals surface area contributed by atoms with E-state index in [9.17, 15) is 13.2 Å². The molecule has 0 saturated carbocycles. The first-order chi connectivity index (χ1) is 11.9. The monoisotopic (exact) mass is 378 g/mol. The maximum atomic E-state index is 12.8. The standard InChI is InChI=1S/C18H19ClN2O3S/c1-14-13-20(25(23,24)17-9-7-16(19)8-10-17)11-12-21(14)18(22)15-5-3-2-4-6-15/h2-10,14H,11-13H2,1H3/t14-/m1/s1. The highest BCUT2D eigenvalue weighted by Gasteiger charge is 2.34. The third-order valence-electron chi connectivity index (χ3n) is 4.32. The average molecular weight is 379 g/mol. The predicted molar refractivity (Wildman–Crippen MR) is 97.2 cm³/mol. The Hall–Kier alpha value is -1.89. The lowest BCUT2D eigenvalue weighted by Gasteiger charge is -2.39. The second-order valence-corrected chi connectivity index (χ2v) is 8.40. The molecule has 1 heterocycles. The third-order valence-corrected chi connectivity index (χ3v) is 6.45. The number of nitrogens with zero attached hydrogens (tertiary/aromatic N) is 2. The molecule has 0 bridgehead atoms. The number of benzene rings is 2. The van der Waals surface area contributed by atoms with E-state index in [4.69, 9.17) is 11.6 Å². The van der Waals surface area contributed by atoms with Crippen molar-refractivity contribution in [3.63, 3.8) is 0 Å². The van der Waals surface area contributed by atoms with Crippen molar-refractivity contribution < 1.29 is 13.2 Å². The van der Waals surface area contributed by atoms with Gasteiger partial charge in [-0.15, -0.1) is 0 Å². The lowest BCUT2D eigenvalue weighted by atomic mass is 10.1. The van der Waals surface area contributed by atoms with E-state index in [1.807, 2.05) is 25.1 Å². The zero-order valence-electron chi connectivity index (χ0n) is 13.8. The number of sulfonamides is 1. The normalized spacial score (nSPS) is 19.0. The first-order valence-electron chi connectivity index (χ1n) is 8.01. The van der Waals surface area contributed by atoms with Gasteiger partial charge in [-0.3, -0.25) is 4.79 Å². The predicted octanol–water partition coefficient (Wildman–Crippen LogP) is 2.88. The summed E-state index contributed by atoms with van der Waals surface area (Å²) in [6.45, 7) is 2.77. The highest BCUT2D eigenvalue weighted by atomic mass is 35.5. The van der Waals surface area contributed by atoms with Crippen molar-refractivity contribution >= 4 is 27.5 Å². The van der Waals surface area contributed by atoms with Crippen molar-refractivity contribution in [1.29, 1.82) is 0 Å². The molecule has 1 fully saturated rings. The van der Waals surface area contributed by atoms with Crippen LogP contribution in [-0.4, -0.2) is 49.2 Å². The lowest BCUT2D eigenvalue weighted by molar-refractivity contribution is 0.0591. The first kappa shape index (κ1) is 17.9. The summed E-state index contributed by atoms with van der Waals surface area (Å²) < 4.78 is 27.0. The molecule has 2 aromatic carbocycles. The fourth-order valence-corrected chi connectivity index (χ4v) is 4.58. The number of rotatable bonds is 3. The van der Waals surface area contributed by atoms with Gasteiger partial charge in [-0.05, 0) is 43.3 Å². The van der Waals surface area contributed by atoms with Gasteiger partial charge in [0.15, 0.2) is 0 Å². The van der Waals surface area contributed by atoms with Crippen molar-refractivity contribution in [2.45, 2.75) is 17.9 Å². The molecule has 0 aromatic heterocycles. The molecule has 0 unspecified atom stereocenters. The SMILES string of the molecule is C[C@@H]1CN(S(=O)(=O)c2ccc(Cl)cc2)CCN1C(=O)c1ccccc1. The van der Waals surface area contributed by atoms with Gasteiger partial charge in [0.05, 0.1) is 4.90 Å². The minimum absolute atomic E-state index is 0.0726. The summed E-state index contributed by atoms with van der Waals surface area (Å²) in [4.78, 5) is 14.6. The number of piperazine rings is 1. The number of hydrogen-bond donors (Lipinski definition) is 0. The summed E-state index contributed by atoms with van der Waals surface area (Å²) >= 11 is 5.83. The maximum absolute atomic E-state index is 12.8. The van der Waals surface area contributed by atoms with Crippen molar-refractivity contribution in [2.24, 2.45) is 0 Å². The number of amides is 1. The Morgan fingerprint density at radius 1 is 1.04 bits per heavy atom. The van der Waals surface area contributed by atoms with Gasteiger partial charge in [-0.1, -0.05) is 29.8 Å². The fourth-order valence-electron chi connectivity index (χ4n) is 2.95. The summed E-state index contributed by atoms with van der Waals surface area (Å²) in [5, 5.41) is 0.491. The van der Waals surface area contributed by atoms with Crippen LogP contribution in [0.15, 0.2) is 59.5 Å². The number of carbonyl (C=O) groups excluding carboxylic acids is 1. The third kappa shape index (κ3) is 3.71.